The number of aromatic amines is 1. The summed E-state index contributed by atoms with van der Waals surface area (Å²) in [5.41, 5.74) is 0. The van der Waals surface area contributed by atoms with Crippen molar-refractivity contribution in [2.45, 2.75) is 44.9 Å². The van der Waals surface area contributed by atoms with Gasteiger partial charge in [0.25, 0.3) is 0 Å². The number of amides is 1. The van der Waals surface area contributed by atoms with Gasteiger partial charge in [-0.25, -0.2) is 0 Å². The molecule has 0 spiro atoms. The normalized spacial score (nSPS) is 24.1. The van der Waals surface area contributed by atoms with E-state index in [0.29, 0.717) is 28.9 Å². The van der Waals surface area contributed by atoms with Crippen LogP contribution in [0, 0.1) is 16.6 Å². The van der Waals surface area contributed by atoms with Crippen LogP contribution in [0.1, 0.15) is 50.8 Å². The van der Waals surface area contributed by atoms with Gasteiger partial charge in [-0.05, 0) is 49.7 Å². The highest BCUT2D eigenvalue weighted by atomic mass is 32.1. The molecule has 0 radical (unpaired) electrons. The predicted octanol–water partition coefficient (Wildman–Crippen LogP) is 2.62. The molecule has 1 saturated carbocycles. The molecule has 1 aliphatic heterocycles. The van der Waals surface area contributed by atoms with E-state index in [2.05, 4.69) is 17.1 Å². The Hall–Kier alpha value is -1.17. The molecule has 1 aliphatic carbocycles. The van der Waals surface area contributed by atoms with E-state index in [-0.39, 0.29) is 0 Å². The second kappa shape index (κ2) is 5.91. The number of piperidine rings is 1. The Morgan fingerprint density at radius 1 is 1.48 bits per heavy atom. The average molecular weight is 308 g/mol. The summed E-state index contributed by atoms with van der Waals surface area (Å²) < 4.78 is 2.58. The van der Waals surface area contributed by atoms with E-state index < -0.39 is 0 Å². The summed E-state index contributed by atoms with van der Waals surface area (Å²) >= 11 is 5.18. The average Bonchev–Trinajstić information content (AvgIpc) is 3.27. The first-order chi connectivity index (χ1) is 10.1. The molecule has 2 heterocycles. The number of H-pyrrole nitrogens is 1. The van der Waals surface area contributed by atoms with E-state index in [1.54, 1.807) is 0 Å². The van der Waals surface area contributed by atoms with Crippen molar-refractivity contribution in [2.75, 3.05) is 13.1 Å². The van der Waals surface area contributed by atoms with Crippen molar-refractivity contribution in [1.29, 1.82) is 0 Å². The van der Waals surface area contributed by atoms with Crippen molar-refractivity contribution in [2.24, 2.45) is 18.9 Å². The monoisotopic (exact) mass is 308 g/mol. The maximum absolute atomic E-state index is 12.5. The number of nitrogens with one attached hydrogen (secondary N) is 1. The Balaban J connectivity index is 1.63. The third kappa shape index (κ3) is 3.20. The number of likely N-dealkylation sites (tertiary alicyclic amines) is 1. The maximum atomic E-state index is 12.5. The van der Waals surface area contributed by atoms with Gasteiger partial charge in [0.1, 0.15) is 5.82 Å². The fraction of sp³-hybridized carbons (Fsp3) is 0.800. The van der Waals surface area contributed by atoms with Gasteiger partial charge < -0.3 is 9.47 Å². The van der Waals surface area contributed by atoms with Gasteiger partial charge in [0.2, 0.25) is 5.91 Å². The zero-order chi connectivity index (χ0) is 15.0. The molecule has 3 rings (SSSR count). The molecular weight excluding hydrogens is 284 g/mol. The van der Waals surface area contributed by atoms with Crippen molar-refractivity contribution >= 4 is 18.1 Å². The van der Waals surface area contributed by atoms with Gasteiger partial charge in [-0.2, -0.15) is 5.10 Å². The molecule has 21 heavy (non-hydrogen) atoms. The molecule has 116 valence electrons. The third-order valence-corrected chi connectivity index (χ3v) is 5.34. The van der Waals surface area contributed by atoms with Crippen molar-refractivity contribution in [3.8, 4) is 0 Å². The van der Waals surface area contributed by atoms with Crippen molar-refractivity contribution in [3.63, 3.8) is 0 Å². The summed E-state index contributed by atoms with van der Waals surface area (Å²) in [5, 5.41) is 7.19. The minimum atomic E-state index is 0.303. The second-order valence-corrected chi connectivity index (χ2v) is 7.03. The molecule has 6 heteroatoms. The molecule has 0 unspecified atom stereocenters. The lowest BCUT2D eigenvalue weighted by Crippen LogP contribution is -2.40. The van der Waals surface area contributed by atoms with Crippen molar-refractivity contribution in [1.82, 2.24) is 19.7 Å². The molecule has 1 N–H and O–H groups in total. The molecule has 2 fully saturated rings. The molecule has 2 aliphatic rings. The second-order valence-electron chi connectivity index (χ2n) is 6.64. The third-order valence-electron chi connectivity index (χ3n) is 4.98. The van der Waals surface area contributed by atoms with Gasteiger partial charge in [0.15, 0.2) is 4.77 Å². The summed E-state index contributed by atoms with van der Waals surface area (Å²) in [6.07, 6.45) is 5.45. The summed E-state index contributed by atoms with van der Waals surface area (Å²) in [5.74, 6) is 2.93. The first-order valence-corrected chi connectivity index (χ1v) is 8.36. The van der Waals surface area contributed by atoms with Gasteiger partial charge in [0.05, 0.1) is 0 Å². The predicted molar refractivity (Wildman–Crippen MR) is 83.5 cm³/mol. The topological polar surface area (TPSA) is 53.9 Å². The van der Waals surface area contributed by atoms with Crippen LogP contribution in [0.2, 0.25) is 0 Å². The van der Waals surface area contributed by atoms with E-state index in [1.807, 2.05) is 16.5 Å². The highest BCUT2D eigenvalue weighted by Crippen LogP contribution is 2.38. The first-order valence-electron chi connectivity index (χ1n) is 7.95. The lowest BCUT2D eigenvalue weighted by molar-refractivity contribution is -0.133. The number of hydrogen-bond acceptors (Lipinski definition) is 3. The highest BCUT2D eigenvalue weighted by molar-refractivity contribution is 7.71. The quantitative estimate of drug-likeness (QED) is 0.870. The summed E-state index contributed by atoms with van der Waals surface area (Å²) in [4.78, 5) is 14.5. The van der Waals surface area contributed by atoms with Crippen molar-refractivity contribution in [3.05, 3.63) is 10.6 Å². The maximum Gasteiger partial charge on any atom is 0.222 e. The lowest BCUT2D eigenvalue weighted by Gasteiger charge is -2.33. The fourth-order valence-electron chi connectivity index (χ4n) is 3.38. The fourth-order valence-corrected chi connectivity index (χ4v) is 3.51. The van der Waals surface area contributed by atoms with E-state index >= 15 is 0 Å². The summed E-state index contributed by atoms with van der Waals surface area (Å²) in [6, 6.07) is 0. The minimum absolute atomic E-state index is 0.303. The number of carbonyl (C=O) groups is 1. The van der Waals surface area contributed by atoms with Gasteiger partial charge in [0, 0.05) is 32.5 Å². The van der Waals surface area contributed by atoms with Crippen LogP contribution < -0.4 is 0 Å². The Bertz CT molecular complexity index is 574. The molecule has 2 atom stereocenters. The smallest absolute Gasteiger partial charge is 0.222 e. The van der Waals surface area contributed by atoms with E-state index in [4.69, 9.17) is 12.2 Å². The standard InChI is InChI=1S/C15H24N4OS/c1-10(11-5-6-11)8-13(20)19-7-3-4-12(9-19)14-16-17-15(21)18(14)2/h10-12H,3-9H2,1-2H3,(H,17,21)/t10-,12-/m0/s1. The van der Waals surface area contributed by atoms with Crippen LogP contribution in [0.4, 0.5) is 0 Å². The van der Waals surface area contributed by atoms with Gasteiger partial charge in [-0.15, -0.1) is 0 Å². The molecule has 1 aromatic rings. The SMILES string of the molecule is C[C@@H](CC(=O)N1CCC[C@H](c2n[nH]c(=S)n2C)C1)C1CC1. The van der Waals surface area contributed by atoms with Gasteiger partial charge >= 0.3 is 0 Å². The lowest BCUT2D eigenvalue weighted by atomic mass is 9.95. The van der Waals surface area contributed by atoms with Crippen LogP contribution in [0.3, 0.4) is 0 Å². The number of hydrogen-bond donors (Lipinski definition) is 1. The van der Waals surface area contributed by atoms with Crippen molar-refractivity contribution < 1.29 is 4.79 Å². The number of aromatic nitrogens is 3. The zero-order valence-electron chi connectivity index (χ0n) is 12.8. The number of nitrogens with zero attached hydrogens (tertiary/aromatic N) is 3. The van der Waals surface area contributed by atoms with Crippen LogP contribution in [0.5, 0.6) is 0 Å². The van der Waals surface area contributed by atoms with E-state index in [1.165, 1.54) is 12.8 Å². The Kier molecular flexibility index (Phi) is 4.15. The summed E-state index contributed by atoms with van der Waals surface area (Å²) in [7, 11) is 1.94. The van der Waals surface area contributed by atoms with Crippen LogP contribution >= 0.6 is 12.2 Å². The van der Waals surface area contributed by atoms with Gasteiger partial charge in [-0.1, -0.05) is 6.92 Å². The highest BCUT2D eigenvalue weighted by Gasteiger charge is 2.32. The van der Waals surface area contributed by atoms with Gasteiger partial charge in [-0.3, -0.25) is 9.89 Å². The zero-order valence-corrected chi connectivity index (χ0v) is 13.7. The molecular formula is C15H24N4OS. The molecule has 0 bridgehead atoms. The molecule has 1 aromatic heterocycles. The minimum Gasteiger partial charge on any atom is -0.342 e. The molecule has 1 amide bonds. The Morgan fingerprint density at radius 2 is 2.24 bits per heavy atom. The van der Waals surface area contributed by atoms with E-state index in [0.717, 1.165) is 37.7 Å². The molecule has 5 nitrogen and oxygen atoms in total. The number of carbonyl (C=O) groups excluding carboxylic acids is 1. The largest absolute Gasteiger partial charge is 0.342 e. The summed E-state index contributed by atoms with van der Waals surface area (Å²) in [6.45, 7) is 3.89. The Morgan fingerprint density at radius 3 is 2.86 bits per heavy atom. The molecule has 0 aromatic carbocycles. The first kappa shape index (κ1) is 14.8. The van der Waals surface area contributed by atoms with Crippen LogP contribution in [-0.2, 0) is 11.8 Å². The number of rotatable bonds is 4. The Labute approximate surface area is 130 Å². The van der Waals surface area contributed by atoms with Crippen LogP contribution in [-0.4, -0.2) is 38.7 Å². The van der Waals surface area contributed by atoms with E-state index in [9.17, 15) is 4.79 Å². The molecule has 1 saturated heterocycles. The van der Waals surface area contributed by atoms with Crippen LogP contribution in [0.25, 0.3) is 0 Å². The van der Waals surface area contributed by atoms with Crippen LogP contribution in [0.15, 0.2) is 0 Å².